The Labute approximate surface area is 97.2 Å². The van der Waals surface area contributed by atoms with E-state index in [2.05, 4.69) is 10.6 Å². The number of nitrogens with one attached hydrogen (secondary N) is 2. The van der Waals surface area contributed by atoms with Crippen LogP contribution < -0.4 is 10.6 Å². The van der Waals surface area contributed by atoms with E-state index in [0.29, 0.717) is 13.1 Å². The lowest BCUT2D eigenvalue weighted by Crippen LogP contribution is -2.36. The van der Waals surface area contributed by atoms with Crippen LogP contribution in [0.5, 0.6) is 0 Å². The zero-order valence-corrected chi connectivity index (χ0v) is 10.0. The average Bonchev–Trinajstić information content (AvgIpc) is 2.31. The van der Waals surface area contributed by atoms with Gasteiger partial charge < -0.3 is 20.8 Å². The molecule has 2 amide bonds. The number of unbranched alkanes of at least 4 members (excludes halogenated alkanes) is 1. The highest BCUT2D eigenvalue weighted by Gasteiger charge is 2.04. The van der Waals surface area contributed by atoms with Gasteiger partial charge in [-0.05, 0) is 19.3 Å². The Morgan fingerprint density at radius 3 is 2.31 bits per heavy atom. The summed E-state index contributed by atoms with van der Waals surface area (Å²) in [6.07, 6.45) is 3.50. The highest BCUT2D eigenvalue weighted by Crippen LogP contribution is 2.06. The van der Waals surface area contributed by atoms with E-state index < -0.39 is 0 Å². The lowest BCUT2D eigenvalue weighted by atomic mass is 10.0. The summed E-state index contributed by atoms with van der Waals surface area (Å²) in [6, 6.07) is -0.122. The number of hydrogen-bond donors (Lipinski definition) is 4. The number of rotatable bonds is 9. The Hall–Kier alpha value is -0.810. The number of urea groups is 1. The molecule has 5 nitrogen and oxygen atoms in total. The van der Waals surface area contributed by atoms with Crippen molar-refractivity contribution >= 4 is 6.03 Å². The third-order valence-corrected chi connectivity index (χ3v) is 2.38. The molecular formula is C11H24N2O3. The fraction of sp³-hybridized carbons (Fsp3) is 0.909. The molecule has 0 aliphatic rings. The van der Waals surface area contributed by atoms with Gasteiger partial charge in [-0.2, -0.15) is 0 Å². The molecule has 0 aromatic heterocycles. The monoisotopic (exact) mass is 232 g/mol. The summed E-state index contributed by atoms with van der Waals surface area (Å²) < 4.78 is 0. The third kappa shape index (κ3) is 8.49. The SMILES string of the molecule is CCCNC(=O)NCCCCC(CO)CO. The van der Waals surface area contributed by atoms with Crippen LogP contribution in [0.2, 0.25) is 0 Å². The Morgan fingerprint density at radius 1 is 1.12 bits per heavy atom. The molecule has 0 aromatic carbocycles. The van der Waals surface area contributed by atoms with E-state index >= 15 is 0 Å². The van der Waals surface area contributed by atoms with Crippen molar-refractivity contribution in [2.75, 3.05) is 26.3 Å². The fourth-order valence-corrected chi connectivity index (χ4v) is 1.30. The van der Waals surface area contributed by atoms with Crippen molar-refractivity contribution in [1.82, 2.24) is 10.6 Å². The molecule has 0 spiro atoms. The summed E-state index contributed by atoms with van der Waals surface area (Å²) in [5.74, 6) is -0.0195. The van der Waals surface area contributed by atoms with Crippen molar-refractivity contribution < 1.29 is 15.0 Å². The largest absolute Gasteiger partial charge is 0.396 e. The van der Waals surface area contributed by atoms with Crippen LogP contribution in [0, 0.1) is 5.92 Å². The minimum atomic E-state index is -0.122. The maximum atomic E-state index is 11.1. The fourth-order valence-electron chi connectivity index (χ4n) is 1.30. The van der Waals surface area contributed by atoms with E-state index in [1.54, 1.807) is 0 Å². The summed E-state index contributed by atoms with van der Waals surface area (Å²) in [6.45, 7) is 3.40. The first-order valence-corrected chi connectivity index (χ1v) is 5.98. The molecule has 0 rings (SSSR count). The van der Waals surface area contributed by atoms with E-state index in [9.17, 15) is 4.79 Å². The van der Waals surface area contributed by atoms with Crippen molar-refractivity contribution in [2.24, 2.45) is 5.92 Å². The highest BCUT2D eigenvalue weighted by atomic mass is 16.3. The summed E-state index contributed by atoms with van der Waals surface area (Å²) in [4.78, 5) is 11.1. The molecule has 0 saturated heterocycles. The molecule has 0 heterocycles. The molecule has 0 aliphatic heterocycles. The van der Waals surface area contributed by atoms with E-state index in [4.69, 9.17) is 10.2 Å². The lowest BCUT2D eigenvalue weighted by Gasteiger charge is -2.10. The van der Waals surface area contributed by atoms with Gasteiger partial charge in [-0.15, -0.1) is 0 Å². The molecule has 0 atom stereocenters. The van der Waals surface area contributed by atoms with Gasteiger partial charge in [0.25, 0.3) is 0 Å². The topological polar surface area (TPSA) is 81.6 Å². The minimum Gasteiger partial charge on any atom is -0.396 e. The first kappa shape index (κ1) is 15.2. The molecule has 0 saturated carbocycles. The molecule has 0 bridgehead atoms. The predicted molar refractivity (Wildman–Crippen MR) is 63.2 cm³/mol. The zero-order valence-electron chi connectivity index (χ0n) is 10.0. The minimum absolute atomic E-state index is 0.0195. The Bertz CT molecular complexity index is 173. The highest BCUT2D eigenvalue weighted by molar-refractivity contribution is 5.73. The second-order valence-corrected chi connectivity index (χ2v) is 3.91. The average molecular weight is 232 g/mol. The van der Waals surface area contributed by atoms with Gasteiger partial charge in [-0.3, -0.25) is 0 Å². The number of carbonyl (C=O) groups is 1. The van der Waals surface area contributed by atoms with Gasteiger partial charge in [-0.1, -0.05) is 13.3 Å². The van der Waals surface area contributed by atoms with Crippen LogP contribution in [0.1, 0.15) is 32.6 Å². The van der Waals surface area contributed by atoms with Crippen molar-refractivity contribution in [2.45, 2.75) is 32.6 Å². The lowest BCUT2D eigenvalue weighted by molar-refractivity contribution is 0.141. The number of hydrogen-bond acceptors (Lipinski definition) is 3. The van der Waals surface area contributed by atoms with Crippen LogP contribution in [0.4, 0.5) is 4.79 Å². The summed E-state index contributed by atoms with van der Waals surface area (Å²) in [5.41, 5.74) is 0. The first-order valence-electron chi connectivity index (χ1n) is 5.98. The van der Waals surface area contributed by atoms with Crippen molar-refractivity contribution in [3.63, 3.8) is 0 Å². The number of carbonyl (C=O) groups excluding carboxylic acids is 1. The zero-order chi connectivity index (χ0) is 12.2. The molecule has 96 valence electrons. The Kier molecular flexibility index (Phi) is 10.2. The number of aliphatic hydroxyl groups excluding tert-OH is 2. The Morgan fingerprint density at radius 2 is 1.75 bits per heavy atom. The quantitative estimate of drug-likeness (QED) is 0.436. The van der Waals surface area contributed by atoms with Gasteiger partial charge >= 0.3 is 6.03 Å². The van der Waals surface area contributed by atoms with Gasteiger partial charge in [0.05, 0.1) is 0 Å². The van der Waals surface area contributed by atoms with Crippen LogP contribution >= 0.6 is 0 Å². The smallest absolute Gasteiger partial charge is 0.314 e. The van der Waals surface area contributed by atoms with Crippen LogP contribution in [0.3, 0.4) is 0 Å². The first-order chi connectivity index (χ1) is 7.74. The maximum Gasteiger partial charge on any atom is 0.314 e. The van der Waals surface area contributed by atoms with Gasteiger partial charge in [0.15, 0.2) is 0 Å². The van der Waals surface area contributed by atoms with Gasteiger partial charge in [0, 0.05) is 32.2 Å². The van der Waals surface area contributed by atoms with Crippen molar-refractivity contribution in [1.29, 1.82) is 0 Å². The van der Waals surface area contributed by atoms with E-state index in [1.807, 2.05) is 6.92 Å². The molecular weight excluding hydrogens is 208 g/mol. The van der Waals surface area contributed by atoms with Gasteiger partial charge in [0.1, 0.15) is 0 Å². The molecule has 16 heavy (non-hydrogen) atoms. The van der Waals surface area contributed by atoms with E-state index in [1.165, 1.54) is 0 Å². The summed E-state index contributed by atoms with van der Waals surface area (Å²) in [7, 11) is 0. The van der Waals surface area contributed by atoms with Crippen LogP contribution in [0.15, 0.2) is 0 Å². The van der Waals surface area contributed by atoms with Crippen molar-refractivity contribution in [3.8, 4) is 0 Å². The second-order valence-electron chi connectivity index (χ2n) is 3.91. The number of aliphatic hydroxyl groups is 2. The Balaban J connectivity index is 3.29. The van der Waals surface area contributed by atoms with E-state index in [-0.39, 0.29) is 25.2 Å². The molecule has 0 radical (unpaired) electrons. The normalized spacial score (nSPS) is 10.5. The van der Waals surface area contributed by atoms with Gasteiger partial charge in [-0.25, -0.2) is 4.79 Å². The molecule has 5 heteroatoms. The van der Waals surface area contributed by atoms with Crippen molar-refractivity contribution in [3.05, 3.63) is 0 Å². The maximum absolute atomic E-state index is 11.1. The molecule has 0 fully saturated rings. The predicted octanol–water partition coefficient (Wildman–Crippen LogP) is 0.467. The summed E-state index contributed by atoms with van der Waals surface area (Å²) in [5, 5.41) is 23.1. The van der Waals surface area contributed by atoms with Gasteiger partial charge in [0.2, 0.25) is 0 Å². The van der Waals surface area contributed by atoms with Crippen LogP contribution in [-0.4, -0.2) is 42.5 Å². The molecule has 0 unspecified atom stereocenters. The molecule has 4 N–H and O–H groups in total. The second kappa shape index (κ2) is 10.7. The summed E-state index contributed by atoms with van der Waals surface area (Å²) >= 11 is 0. The number of amides is 2. The third-order valence-electron chi connectivity index (χ3n) is 2.38. The molecule has 0 aromatic rings. The molecule has 0 aliphatic carbocycles. The standard InChI is InChI=1S/C11H24N2O3/c1-2-6-12-11(16)13-7-4-3-5-10(8-14)9-15/h10,14-15H,2-9H2,1H3,(H2,12,13,16). The van der Waals surface area contributed by atoms with E-state index in [0.717, 1.165) is 25.7 Å². The van der Waals surface area contributed by atoms with Crippen LogP contribution in [-0.2, 0) is 0 Å². The van der Waals surface area contributed by atoms with Crippen LogP contribution in [0.25, 0.3) is 0 Å².